The highest BCUT2D eigenvalue weighted by molar-refractivity contribution is 8.18. The van der Waals surface area contributed by atoms with Crippen LogP contribution < -0.4 is 10.2 Å². The molecule has 0 spiro atoms. The van der Waals surface area contributed by atoms with E-state index in [9.17, 15) is 14.4 Å². The predicted octanol–water partition coefficient (Wildman–Crippen LogP) is 6.26. The maximum atomic E-state index is 13.0. The maximum Gasteiger partial charge on any atom is 0.294 e. The monoisotopic (exact) mass is 509 g/mol. The summed E-state index contributed by atoms with van der Waals surface area (Å²) >= 11 is 7.40. The van der Waals surface area contributed by atoms with Gasteiger partial charge >= 0.3 is 0 Å². The van der Waals surface area contributed by atoms with Gasteiger partial charge in [0, 0.05) is 29.0 Å². The van der Waals surface area contributed by atoms with Crippen LogP contribution in [0.3, 0.4) is 0 Å². The summed E-state index contributed by atoms with van der Waals surface area (Å²) in [5.74, 6) is -0.940. The van der Waals surface area contributed by atoms with E-state index in [0.29, 0.717) is 16.3 Å². The average Bonchev–Trinajstić information content (AvgIpc) is 3.03. The van der Waals surface area contributed by atoms with Gasteiger partial charge in [0.25, 0.3) is 11.1 Å². The lowest BCUT2D eigenvalue weighted by atomic mass is 9.88. The molecule has 1 fully saturated rings. The minimum atomic E-state index is -0.505. The van der Waals surface area contributed by atoms with E-state index in [0.717, 1.165) is 44.6 Å². The Morgan fingerprint density at radius 3 is 2.51 bits per heavy atom. The molecule has 2 aromatic carbocycles. The molecule has 2 aliphatic heterocycles. The second kappa shape index (κ2) is 9.21. The van der Waals surface area contributed by atoms with Crippen molar-refractivity contribution in [2.75, 3.05) is 23.8 Å². The summed E-state index contributed by atoms with van der Waals surface area (Å²) in [5.41, 5.74) is 6.42. The van der Waals surface area contributed by atoms with Gasteiger partial charge in [0.2, 0.25) is 5.91 Å². The van der Waals surface area contributed by atoms with Crippen LogP contribution in [-0.4, -0.2) is 41.1 Å². The van der Waals surface area contributed by atoms with Gasteiger partial charge in [-0.3, -0.25) is 19.3 Å². The Balaban J connectivity index is 1.55. The van der Waals surface area contributed by atoms with E-state index in [1.165, 1.54) is 0 Å². The summed E-state index contributed by atoms with van der Waals surface area (Å²) in [5, 5.41) is 2.76. The van der Waals surface area contributed by atoms with Crippen molar-refractivity contribution in [2.45, 2.75) is 40.2 Å². The van der Waals surface area contributed by atoms with Gasteiger partial charge in [-0.25, -0.2) is 0 Å². The number of likely N-dealkylation sites (N-methyl/N-ethyl adjacent to an activating group) is 1. The van der Waals surface area contributed by atoms with Gasteiger partial charge in [0.05, 0.1) is 10.4 Å². The molecule has 182 valence electrons. The first-order valence-corrected chi connectivity index (χ1v) is 12.5. The number of anilines is 2. The lowest BCUT2D eigenvalue weighted by Gasteiger charge is -2.40. The molecule has 6 nitrogen and oxygen atoms in total. The SMILES string of the molecule is CC1=CC(C)(C)N(C)c2cc(Cl)c(/C=C3\SC(=O)N(CC(=O)Nc4ccc(C)c(C)c4)C3=O)cc21. The standard InChI is InChI=1S/C27H28ClN3O3S/c1-15-7-8-19(9-16(15)2)29-24(32)14-31-25(33)23(35-26(31)34)11-18-10-20-17(3)13-27(4,5)30(6)22(20)12-21(18)28/h7-13H,14H2,1-6H3,(H,29,32)/b23-11-. The maximum absolute atomic E-state index is 13.0. The van der Waals surface area contributed by atoms with Crippen LogP contribution in [0.15, 0.2) is 41.3 Å². The number of thioether (sulfide) groups is 1. The number of fused-ring (bicyclic) bond motifs is 1. The summed E-state index contributed by atoms with van der Waals surface area (Å²) in [7, 11) is 2.02. The third-order valence-corrected chi connectivity index (χ3v) is 7.82. The van der Waals surface area contributed by atoms with Crippen molar-refractivity contribution in [3.8, 4) is 0 Å². The van der Waals surface area contributed by atoms with Crippen LogP contribution in [0.5, 0.6) is 0 Å². The minimum Gasteiger partial charge on any atom is -0.365 e. The van der Waals surface area contributed by atoms with E-state index in [-0.39, 0.29) is 17.0 Å². The number of nitrogens with one attached hydrogen (secondary N) is 1. The smallest absolute Gasteiger partial charge is 0.294 e. The van der Waals surface area contributed by atoms with Crippen LogP contribution in [0.4, 0.5) is 16.2 Å². The first kappa shape index (κ1) is 25.1. The molecule has 3 amide bonds. The molecule has 1 saturated heterocycles. The molecule has 1 N–H and O–H groups in total. The summed E-state index contributed by atoms with van der Waals surface area (Å²) in [6.45, 7) is 9.90. The average molecular weight is 510 g/mol. The summed E-state index contributed by atoms with van der Waals surface area (Å²) in [6.07, 6.45) is 3.82. The Hall–Kier alpha value is -3.03. The lowest BCUT2D eigenvalue weighted by molar-refractivity contribution is -0.127. The van der Waals surface area contributed by atoms with E-state index in [1.54, 1.807) is 12.1 Å². The summed E-state index contributed by atoms with van der Waals surface area (Å²) < 4.78 is 0. The lowest BCUT2D eigenvalue weighted by Crippen LogP contribution is -2.42. The van der Waals surface area contributed by atoms with Crippen molar-refractivity contribution >= 4 is 63.4 Å². The Bertz CT molecular complexity index is 1330. The number of hydrogen-bond acceptors (Lipinski definition) is 5. The van der Waals surface area contributed by atoms with Gasteiger partial charge < -0.3 is 10.2 Å². The van der Waals surface area contributed by atoms with Gasteiger partial charge in [0.15, 0.2) is 0 Å². The number of amides is 3. The Morgan fingerprint density at radius 1 is 1.11 bits per heavy atom. The number of rotatable bonds is 4. The van der Waals surface area contributed by atoms with Crippen molar-refractivity contribution in [2.24, 2.45) is 0 Å². The topological polar surface area (TPSA) is 69.7 Å². The van der Waals surface area contributed by atoms with Gasteiger partial charge in [-0.05, 0) is 99.0 Å². The molecule has 8 heteroatoms. The van der Waals surface area contributed by atoms with Crippen molar-refractivity contribution in [1.82, 2.24) is 4.90 Å². The minimum absolute atomic E-state index is 0.150. The molecule has 0 atom stereocenters. The fourth-order valence-electron chi connectivity index (χ4n) is 4.24. The van der Waals surface area contributed by atoms with E-state index in [1.807, 2.05) is 52.1 Å². The molecule has 0 bridgehead atoms. The molecule has 2 aliphatic rings. The van der Waals surface area contributed by atoms with Gasteiger partial charge in [0.1, 0.15) is 6.54 Å². The van der Waals surface area contributed by atoms with Crippen LogP contribution in [0.25, 0.3) is 11.6 Å². The fraction of sp³-hybridized carbons (Fsp3) is 0.296. The quantitative estimate of drug-likeness (QED) is 0.492. The number of carbonyl (C=O) groups is 3. The zero-order valence-corrected chi connectivity index (χ0v) is 22.2. The fourth-order valence-corrected chi connectivity index (χ4v) is 5.28. The molecule has 0 aromatic heterocycles. The molecular formula is C27H28ClN3O3S. The third kappa shape index (κ3) is 4.88. The highest BCUT2D eigenvalue weighted by Gasteiger charge is 2.37. The zero-order chi connectivity index (χ0) is 25.7. The molecule has 0 unspecified atom stereocenters. The number of allylic oxidation sites excluding steroid dienone is 1. The highest BCUT2D eigenvalue weighted by Crippen LogP contribution is 2.42. The summed E-state index contributed by atoms with van der Waals surface area (Å²) in [4.78, 5) is 41.4. The van der Waals surface area contributed by atoms with Crippen LogP contribution in [0.1, 0.15) is 43.0 Å². The molecule has 0 radical (unpaired) electrons. The van der Waals surface area contributed by atoms with Crippen molar-refractivity contribution in [1.29, 1.82) is 0 Å². The van der Waals surface area contributed by atoms with Crippen molar-refractivity contribution < 1.29 is 14.4 Å². The van der Waals surface area contributed by atoms with Crippen molar-refractivity contribution in [3.63, 3.8) is 0 Å². The number of halogens is 1. The normalized spacial score (nSPS) is 18.1. The highest BCUT2D eigenvalue weighted by atomic mass is 35.5. The number of benzene rings is 2. The number of carbonyl (C=O) groups excluding carboxylic acids is 3. The molecule has 4 rings (SSSR count). The predicted molar refractivity (Wildman–Crippen MR) is 145 cm³/mol. The van der Waals surface area contributed by atoms with Crippen LogP contribution in [0, 0.1) is 13.8 Å². The zero-order valence-electron chi connectivity index (χ0n) is 20.7. The Labute approximate surface area is 215 Å². The number of imide groups is 1. The number of aryl methyl sites for hydroxylation is 2. The number of nitrogens with zero attached hydrogens (tertiary/aromatic N) is 2. The number of hydrogen-bond donors (Lipinski definition) is 1. The summed E-state index contributed by atoms with van der Waals surface area (Å²) in [6, 6.07) is 9.39. The van der Waals surface area contributed by atoms with E-state index < -0.39 is 17.1 Å². The molecule has 35 heavy (non-hydrogen) atoms. The molecule has 0 aliphatic carbocycles. The molecule has 0 saturated carbocycles. The van der Waals surface area contributed by atoms with Gasteiger partial charge in [-0.2, -0.15) is 0 Å². The third-order valence-electron chi connectivity index (χ3n) is 6.59. The molecule has 2 heterocycles. The largest absolute Gasteiger partial charge is 0.365 e. The van der Waals surface area contributed by atoms with Crippen LogP contribution in [-0.2, 0) is 9.59 Å². The van der Waals surface area contributed by atoms with E-state index in [4.69, 9.17) is 11.6 Å². The Morgan fingerprint density at radius 2 is 1.83 bits per heavy atom. The van der Waals surface area contributed by atoms with Crippen molar-refractivity contribution in [3.05, 3.63) is 68.6 Å². The Kier molecular flexibility index (Phi) is 6.60. The van der Waals surface area contributed by atoms with Crippen LogP contribution >= 0.6 is 23.4 Å². The van der Waals surface area contributed by atoms with Gasteiger partial charge in [-0.15, -0.1) is 0 Å². The molecular weight excluding hydrogens is 482 g/mol. The van der Waals surface area contributed by atoms with Gasteiger partial charge in [-0.1, -0.05) is 23.7 Å². The van der Waals surface area contributed by atoms with E-state index >= 15 is 0 Å². The second-order valence-electron chi connectivity index (χ2n) is 9.55. The second-order valence-corrected chi connectivity index (χ2v) is 10.9. The first-order valence-electron chi connectivity index (χ1n) is 11.3. The van der Waals surface area contributed by atoms with E-state index in [2.05, 4.69) is 30.1 Å². The first-order chi connectivity index (χ1) is 16.4. The van der Waals surface area contributed by atoms with Crippen LogP contribution in [0.2, 0.25) is 5.02 Å². The molecule has 2 aromatic rings.